The van der Waals surface area contributed by atoms with Crippen molar-refractivity contribution in [3.63, 3.8) is 0 Å². The smallest absolute Gasteiger partial charge is 0.141 e. The van der Waals surface area contributed by atoms with Crippen molar-refractivity contribution in [3.8, 4) is 0 Å². The molecule has 5 heteroatoms. The van der Waals surface area contributed by atoms with Gasteiger partial charge in [-0.15, -0.1) is 11.8 Å². The first kappa shape index (κ1) is 13.9. The Bertz CT molecular complexity index is 597. The highest BCUT2D eigenvalue weighted by Crippen LogP contribution is 2.39. The van der Waals surface area contributed by atoms with Crippen LogP contribution in [0.4, 0.5) is 5.82 Å². The summed E-state index contributed by atoms with van der Waals surface area (Å²) in [6.45, 7) is 0. The number of halogens is 1. The average Bonchev–Trinajstić information content (AvgIpc) is 3.31. The largest absolute Gasteiger partial charge is 0.373 e. The zero-order valence-electron chi connectivity index (χ0n) is 11.3. The van der Waals surface area contributed by atoms with Crippen LogP contribution in [-0.2, 0) is 5.75 Å². The van der Waals surface area contributed by atoms with E-state index in [1.54, 1.807) is 11.8 Å². The van der Waals surface area contributed by atoms with Crippen LogP contribution in [0.5, 0.6) is 0 Å². The summed E-state index contributed by atoms with van der Waals surface area (Å²) in [5, 5.41) is 3.13. The number of hydrogen-bond donors (Lipinski definition) is 1. The van der Waals surface area contributed by atoms with E-state index in [1.807, 2.05) is 7.05 Å². The van der Waals surface area contributed by atoms with Gasteiger partial charge in [0.2, 0.25) is 0 Å². The highest BCUT2D eigenvalue weighted by molar-refractivity contribution is 9.10. The second kappa shape index (κ2) is 6.14. The van der Waals surface area contributed by atoms with E-state index < -0.39 is 0 Å². The molecule has 3 rings (SSSR count). The SMILES string of the molecule is CNc1cc(C2CC2)nc(CSc2ccc(Br)cc2)n1. The molecule has 104 valence electrons. The molecule has 0 spiro atoms. The van der Waals surface area contributed by atoms with Gasteiger partial charge in [-0.2, -0.15) is 0 Å². The molecule has 1 heterocycles. The van der Waals surface area contributed by atoms with Crippen molar-refractivity contribution in [1.82, 2.24) is 9.97 Å². The van der Waals surface area contributed by atoms with Gasteiger partial charge in [0.05, 0.1) is 5.75 Å². The van der Waals surface area contributed by atoms with Crippen LogP contribution in [0.3, 0.4) is 0 Å². The van der Waals surface area contributed by atoms with E-state index >= 15 is 0 Å². The fourth-order valence-corrected chi connectivity index (χ4v) is 2.99. The minimum Gasteiger partial charge on any atom is -0.373 e. The lowest BCUT2D eigenvalue weighted by molar-refractivity contribution is 0.933. The number of aromatic nitrogens is 2. The van der Waals surface area contributed by atoms with Gasteiger partial charge < -0.3 is 5.32 Å². The van der Waals surface area contributed by atoms with Gasteiger partial charge in [-0.3, -0.25) is 0 Å². The monoisotopic (exact) mass is 349 g/mol. The summed E-state index contributed by atoms with van der Waals surface area (Å²) in [4.78, 5) is 10.5. The molecule has 1 aromatic carbocycles. The molecule has 0 unspecified atom stereocenters. The van der Waals surface area contributed by atoms with Crippen LogP contribution in [0.2, 0.25) is 0 Å². The fraction of sp³-hybridized carbons (Fsp3) is 0.333. The number of nitrogens with one attached hydrogen (secondary N) is 1. The average molecular weight is 350 g/mol. The molecule has 0 radical (unpaired) electrons. The molecule has 20 heavy (non-hydrogen) atoms. The van der Waals surface area contributed by atoms with Gasteiger partial charge in [0.15, 0.2) is 0 Å². The van der Waals surface area contributed by atoms with Gasteiger partial charge in [-0.05, 0) is 37.1 Å². The maximum Gasteiger partial charge on any atom is 0.141 e. The minimum atomic E-state index is 0.654. The Labute approximate surface area is 131 Å². The molecule has 1 N–H and O–H groups in total. The number of anilines is 1. The van der Waals surface area contributed by atoms with Gasteiger partial charge in [-0.1, -0.05) is 15.9 Å². The summed E-state index contributed by atoms with van der Waals surface area (Å²) in [5.41, 5.74) is 1.19. The predicted molar refractivity (Wildman–Crippen MR) is 87.3 cm³/mol. The molecule has 1 aliphatic rings. The van der Waals surface area contributed by atoms with Crippen molar-refractivity contribution in [3.05, 3.63) is 46.3 Å². The van der Waals surface area contributed by atoms with Gasteiger partial charge in [0, 0.05) is 34.1 Å². The standard InChI is InChI=1S/C15H16BrN3S/c1-17-14-8-13(10-2-3-10)18-15(19-14)9-20-12-6-4-11(16)5-7-12/h4-8,10H,2-3,9H2,1H3,(H,17,18,19). The Hall–Kier alpha value is -1.07. The Morgan fingerprint density at radius 2 is 2.00 bits per heavy atom. The lowest BCUT2D eigenvalue weighted by Gasteiger charge is -2.07. The number of thioether (sulfide) groups is 1. The first-order chi connectivity index (χ1) is 9.74. The summed E-state index contributed by atoms with van der Waals surface area (Å²) in [6, 6.07) is 10.4. The molecule has 1 aliphatic carbocycles. The Balaban J connectivity index is 1.72. The van der Waals surface area contributed by atoms with Crippen LogP contribution >= 0.6 is 27.7 Å². The van der Waals surface area contributed by atoms with Crippen molar-refractivity contribution >= 4 is 33.5 Å². The van der Waals surface area contributed by atoms with E-state index in [2.05, 4.69) is 56.6 Å². The van der Waals surface area contributed by atoms with Crippen LogP contribution in [0.25, 0.3) is 0 Å². The van der Waals surface area contributed by atoms with Crippen molar-refractivity contribution in [2.24, 2.45) is 0 Å². The number of benzene rings is 1. The summed E-state index contributed by atoms with van der Waals surface area (Å²) in [6.07, 6.45) is 2.53. The Kier molecular flexibility index (Phi) is 4.27. The molecule has 3 nitrogen and oxygen atoms in total. The predicted octanol–water partition coefficient (Wildman–Crippen LogP) is 4.45. The van der Waals surface area contributed by atoms with Crippen LogP contribution in [0, 0.1) is 0 Å². The molecular weight excluding hydrogens is 334 g/mol. The van der Waals surface area contributed by atoms with Gasteiger partial charge in [0.1, 0.15) is 11.6 Å². The zero-order chi connectivity index (χ0) is 13.9. The van der Waals surface area contributed by atoms with E-state index in [0.29, 0.717) is 5.92 Å². The highest BCUT2D eigenvalue weighted by Gasteiger charge is 2.26. The lowest BCUT2D eigenvalue weighted by atomic mass is 10.3. The minimum absolute atomic E-state index is 0.654. The third kappa shape index (κ3) is 3.52. The Morgan fingerprint density at radius 1 is 1.25 bits per heavy atom. The topological polar surface area (TPSA) is 37.8 Å². The lowest BCUT2D eigenvalue weighted by Crippen LogP contribution is -2.02. The number of nitrogens with zero attached hydrogens (tertiary/aromatic N) is 2. The third-order valence-electron chi connectivity index (χ3n) is 3.23. The first-order valence-electron chi connectivity index (χ1n) is 6.68. The van der Waals surface area contributed by atoms with Gasteiger partial charge in [0.25, 0.3) is 0 Å². The number of rotatable bonds is 5. The maximum atomic E-state index is 4.69. The second-order valence-electron chi connectivity index (χ2n) is 4.86. The van der Waals surface area contributed by atoms with Gasteiger partial charge >= 0.3 is 0 Å². The summed E-state index contributed by atoms with van der Waals surface area (Å²) in [7, 11) is 1.91. The second-order valence-corrected chi connectivity index (χ2v) is 6.83. The van der Waals surface area contributed by atoms with E-state index in [9.17, 15) is 0 Å². The van der Waals surface area contributed by atoms with Crippen LogP contribution < -0.4 is 5.32 Å². The highest BCUT2D eigenvalue weighted by atomic mass is 79.9. The molecule has 0 bridgehead atoms. The quantitative estimate of drug-likeness (QED) is 0.809. The summed E-state index contributed by atoms with van der Waals surface area (Å²) < 4.78 is 1.10. The normalized spacial score (nSPS) is 14.3. The van der Waals surface area contributed by atoms with E-state index in [0.717, 1.165) is 21.9 Å². The van der Waals surface area contributed by atoms with Crippen molar-refractivity contribution in [2.45, 2.75) is 29.4 Å². The molecule has 2 aromatic rings. The van der Waals surface area contributed by atoms with Gasteiger partial charge in [-0.25, -0.2) is 9.97 Å². The first-order valence-corrected chi connectivity index (χ1v) is 8.46. The van der Waals surface area contributed by atoms with Crippen molar-refractivity contribution in [1.29, 1.82) is 0 Å². The Morgan fingerprint density at radius 3 is 2.65 bits per heavy atom. The number of hydrogen-bond acceptors (Lipinski definition) is 4. The maximum absolute atomic E-state index is 4.69. The molecular formula is C15H16BrN3S. The summed E-state index contributed by atoms with van der Waals surface area (Å²) >= 11 is 5.22. The summed E-state index contributed by atoms with van der Waals surface area (Å²) in [5.74, 6) is 3.29. The molecule has 0 atom stereocenters. The van der Waals surface area contributed by atoms with E-state index in [4.69, 9.17) is 4.98 Å². The fourth-order valence-electron chi connectivity index (χ4n) is 1.98. The van der Waals surface area contributed by atoms with E-state index in [-0.39, 0.29) is 0 Å². The molecule has 0 amide bonds. The van der Waals surface area contributed by atoms with Crippen molar-refractivity contribution in [2.75, 3.05) is 12.4 Å². The molecule has 1 fully saturated rings. The van der Waals surface area contributed by atoms with E-state index in [1.165, 1.54) is 23.4 Å². The third-order valence-corrected chi connectivity index (χ3v) is 4.76. The molecule has 0 aliphatic heterocycles. The molecule has 1 aromatic heterocycles. The molecule has 1 saturated carbocycles. The van der Waals surface area contributed by atoms with Crippen molar-refractivity contribution < 1.29 is 0 Å². The van der Waals surface area contributed by atoms with Crippen LogP contribution in [0.15, 0.2) is 39.7 Å². The zero-order valence-corrected chi connectivity index (χ0v) is 13.7. The van der Waals surface area contributed by atoms with Crippen LogP contribution in [-0.4, -0.2) is 17.0 Å². The van der Waals surface area contributed by atoms with Crippen LogP contribution in [0.1, 0.15) is 30.3 Å². The molecule has 0 saturated heterocycles.